The molecule has 0 aliphatic heterocycles. The quantitative estimate of drug-likeness (QED) is 0.455. The highest BCUT2D eigenvalue weighted by molar-refractivity contribution is 7.18. The van der Waals surface area contributed by atoms with Gasteiger partial charge in [-0.3, -0.25) is 4.98 Å². The number of nitrogens with one attached hydrogen (secondary N) is 1. The number of aromatic nitrogens is 3. The molecule has 28 heavy (non-hydrogen) atoms. The van der Waals surface area contributed by atoms with Crippen LogP contribution in [0.1, 0.15) is 10.4 Å². The van der Waals surface area contributed by atoms with Gasteiger partial charge in [-0.1, -0.05) is 12.1 Å². The normalized spacial score (nSPS) is 11.7. The molecule has 3 heterocycles. The monoisotopic (exact) mass is 404 g/mol. The number of fused-ring (bicyclic) bond motifs is 1. The maximum absolute atomic E-state index is 13.2. The molecule has 0 bridgehead atoms. The first kappa shape index (κ1) is 18.3. The predicted molar refractivity (Wildman–Crippen MR) is 99.4 cm³/mol. The maximum Gasteiger partial charge on any atom is 0.425 e. The summed E-state index contributed by atoms with van der Waals surface area (Å²) in [4.78, 5) is 12.1. The number of halogens is 4. The van der Waals surface area contributed by atoms with Crippen LogP contribution in [-0.2, 0) is 12.7 Å². The molecule has 0 aliphatic rings. The van der Waals surface area contributed by atoms with Crippen molar-refractivity contribution in [2.45, 2.75) is 12.7 Å². The highest BCUT2D eigenvalue weighted by Gasteiger charge is 2.33. The minimum Gasteiger partial charge on any atom is -0.365 e. The molecule has 0 radical (unpaired) electrons. The summed E-state index contributed by atoms with van der Waals surface area (Å²) in [5.74, 6) is 0.223. The second-order valence-electron chi connectivity index (χ2n) is 5.94. The van der Waals surface area contributed by atoms with Crippen molar-refractivity contribution in [1.29, 1.82) is 0 Å². The van der Waals surface area contributed by atoms with Crippen LogP contribution >= 0.6 is 11.3 Å². The van der Waals surface area contributed by atoms with Crippen molar-refractivity contribution in [3.8, 4) is 11.4 Å². The van der Waals surface area contributed by atoms with E-state index >= 15 is 0 Å². The van der Waals surface area contributed by atoms with Gasteiger partial charge >= 0.3 is 6.18 Å². The van der Waals surface area contributed by atoms with E-state index in [4.69, 9.17) is 0 Å². The molecule has 142 valence electrons. The minimum atomic E-state index is -4.46. The van der Waals surface area contributed by atoms with Gasteiger partial charge in [-0.05, 0) is 35.9 Å². The summed E-state index contributed by atoms with van der Waals surface area (Å²) >= 11 is 0.570. The third-order valence-corrected chi connectivity index (χ3v) is 5.06. The van der Waals surface area contributed by atoms with Crippen molar-refractivity contribution in [2.75, 3.05) is 5.32 Å². The van der Waals surface area contributed by atoms with Crippen molar-refractivity contribution in [3.05, 3.63) is 71.1 Å². The lowest BCUT2D eigenvalue weighted by Gasteiger charge is -2.09. The number of hydrogen-bond acceptors (Lipinski definition) is 5. The number of anilines is 1. The van der Waals surface area contributed by atoms with E-state index in [1.165, 1.54) is 12.1 Å². The van der Waals surface area contributed by atoms with Gasteiger partial charge in [-0.15, -0.1) is 11.3 Å². The lowest BCUT2D eigenvalue weighted by atomic mass is 10.2. The highest BCUT2D eigenvalue weighted by Crippen LogP contribution is 2.40. The van der Waals surface area contributed by atoms with Gasteiger partial charge in [0.2, 0.25) is 0 Å². The number of thiophene rings is 1. The van der Waals surface area contributed by atoms with E-state index < -0.39 is 11.1 Å². The lowest BCUT2D eigenvalue weighted by molar-refractivity contribution is -0.134. The number of pyridine rings is 1. The Morgan fingerprint density at radius 2 is 1.68 bits per heavy atom. The molecule has 1 N–H and O–H groups in total. The Labute approximate surface area is 160 Å². The second kappa shape index (κ2) is 7.16. The Morgan fingerprint density at radius 3 is 2.36 bits per heavy atom. The average molecular weight is 404 g/mol. The topological polar surface area (TPSA) is 50.7 Å². The molecule has 0 amide bonds. The lowest BCUT2D eigenvalue weighted by Crippen LogP contribution is -2.04. The molecule has 3 aromatic heterocycles. The third kappa shape index (κ3) is 3.79. The standard InChI is InChI=1S/C19H12F4N4S/c20-13-3-1-11(2-4-13)10-25-17-14-9-15(19(21,22)23)28-18(14)27-16(26-17)12-5-7-24-8-6-12/h1-9H,10H2,(H,25,26,27). The van der Waals surface area contributed by atoms with E-state index in [0.29, 0.717) is 22.7 Å². The molecule has 9 heteroatoms. The molecule has 0 aliphatic carbocycles. The fourth-order valence-electron chi connectivity index (χ4n) is 2.61. The first-order chi connectivity index (χ1) is 13.4. The summed E-state index contributed by atoms with van der Waals surface area (Å²) in [5, 5.41) is 3.34. The SMILES string of the molecule is Fc1ccc(CNc2nc(-c3ccncc3)nc3sc(C(F)(F)F)cc23)cc1. The minimum absolute atomic E-state index is 0.232. The summed E-state index contributed by atoms with van der Waals surface area (Å²) in [7, 11) is 0. The Bertz CT molecular complexity index is 1110. The van der Waals surface area contributed by atoms with Crippen LogP contribution in [-0.4, -0.2) is 15.0 Å². The largest absolute Gasteiger partial charge is 0.425 e. The van der Waals surface area contributed by atoms with Gasteiger partial charge in [-0.2, -0.15) is 13.2 Å². The number of nitrogens with zero attached hydrogens (tertiary/aromatic N) is 3. The summed E-state index contributed by atoms with van der Waals surface area (Å²) < 4.78 is 52.6. The van der Waals surface area contributed by atoms with Crippen LogP contribution < -0.4 is 5.32 Å². The van der Waals surface area contributed by atoms with Crippen molar-refractivity contribution < 1.29 is 17.6 Å². The van der Waals surface area contributed by atoms with Crippen LogP contribution in [0.2, 0.25) is 0 Å². The fourth-order valence-corrected chi connectivity index (χ4v) is 3.51. The van der Waals surface area contributed by atoms with Gasteiger partial charge in [0.05, 0.1) is 5.39 Å². The zero-order valence-corrected chi connectivity index (χ0v) is 15.0. The zero-order chi connectivity index (χ0) is 19.7. The Balaban J connectivity index is 1.77. The van der Waals surface area contributed by atoms with Gasteiger partial charge < -0.3 is 5.32 Å². The first-order valence-corrected chi connectivity index (χ1v) is 8.99. The van der Waals surface area contributed by atoms with Crippen LogP contribution in [0.4, 0.5) is 23.4 Å². The van der Waals surface area contributed by atoms with Gasteiger partial charge in [0.15, 0.2) is 5.82 Å². The molecular weight excluding hydrogens is 392 g/mol. The molecule has 4 nitrogen and oxygen atoms in total. The van der Waals surface area contributed by atoms with Crippen LogP contribution in [0.15, 0.2) is 54.9 Å². The van der Waals surface area contributed by atoms with E-state index in [2.05, 4.69) is 20.3 Å². The van der Waals surface area contributed by atoms with E-state index in [1.54, 1.807) is 36.7 Å². The Kier molecular flexibility index (Phi) is 4.68. The molecule has 4 aromatic rings. The molecule has 0 saturated heterocycles. The van der Waals surface area contributed by atoms with Gasteiger partial charge in [0.25, 0.3) is 0 Å². The highest BCUT2D eigenvalue weighted by atomic mass is 32.1. The van der Waals surface area contributed by atoms with Crippen LogP contribution in [0.5, 0.6) is 0 Å². The molecule has 0 atom stereocenters. The number of alkyl halides is 3. The van der Waals surface area contributed by atoms with Crippen LogP contribution in [0.25, 0.3) is 21.6 Å². The second-order valence-corrected chi connectivity index (χ2v) is 6.97. The third-order valence-electron chi connectivity index (χ3n) is 3.98. The predicted octanol–water partition coefficient (Wildman–Crippen LogP) is 5.52. The van der Waals surface area contributed by atoms with Gasteiger partial charge in [0.1, 0.15) is 21.3 Å². The number of rotatable bonds is 4. The number of hydrogen-bond donors (Lipinski definition) is 1. The van der Waals surface area contributed by atoms with Crippen molar-refractivity contribution in [3.63, 3.8) is 0 Å². The molecule has 0 spiro atoms. The first-order valence-electron chi connectivity index (χ1n) is 8.17. The Hall–Kier alpha value is -3.07. The van der Waals surface area contributed by atoms with Crippen molar-refractivity contribution in [1.82, 2.24) is 15.0 Å². The van der Waals surface area contributed by atoms with Gasteiger partial charge in [-0.25, -0.2) is 14.4 Å². The molecule has 4 rings (SSSR count). The van der Waals surface area contributed by atoms with E-state index in [-0.39, 0.29) is 28.4 Å². The van der Waals surface area contributed by atoms with Crippen molar-refractivity contribution in [2.24, 2.45) is 0 Å². The summed E-state index contributed by atoms with van der Waals surface area (Å²) in [6.07, 6.45) is -1.34. The molecule has 1 aromatic carbocycles. The van der Waals surface area contributed by atoms with E-state index in [9.17, 15) is 17.6 Å². The fraction of sp³-hybridized carbons (Fsp3) is 0.105. The summed E-state index contributed by atoms with van der Waals surface area (Å²) in [6.45, 7) is 0.277. The molecule has 0 unspecified atom stereocenters. The Morgan fingerprint density at radius 1 is 0.964 bits per heavy atom. The van der Waals surface area contributed by atoms with E-state index in [0.717, 1.165) is 11.6 Å². The molecule has 0 saturated carbocycles. The van der Waals surface area contributed by atoms with E-state index in [1.807, 2.05) is 0 Å². The average Bonchev–Trinajstić information content (AvgIpc) is 3.13. The maximum atomic E-state index is 13.2. The summed E-state index contributed by atoms with van der Waals surface area (Å²) in [5.41, 5.74) is 1.41. The molecule has 0 fully saturated rings. The molecular formula is C19H12F4N4S. The van der Waals surface area contributed by atoms with Crippen LogP contribution in [0.3, 0.4) is 0 Å². The smallest absolute Gasteiger partial charge is 0.365 e. The van der Waals surface area contributed by atoms with Gasteiger partial charge in [0, 0.05) is 24.5 Å². The summed E-state index contributed by atoms with van der Waals surface area (Å²) in [6, 6.07) is 10.2. The number of benzene rings is 1. The van der Waals surface area contributed by atoms with Crippen LogP contribution in [0, 0.1) is 5.82 Å². The zero-order valence-electron chi connectivity index (χ0n) is 14.2. The van der Waals surface area contributed by atoms with Crippen molar-refractivity contribution >= 4 is 27.4 Å².